The molecule has 1 aliphatic rings. The maximum absolute atomic E-state index is 13.0. The Morgan fingerprint density at radius 1 is 1.21 bits per heavy atom. The largest absolute Gasteiger partial charge is 0.459 e. The molecule has 7 heteroatoms. The molecule has 0 bridgehead atoms. The van der Waals surface area contributed by atoms with E-state index in [-0.39, 0.29) is 12.1 Å². The van der Waals surface area contributed by atoms with Gasteiger partial charge < -0.3 is 4.74 Å². The summed E-state index contributed by atoms with van der Waals surface area (Å²) >= 11 is 0. The van der Waals surface area contributed by atoms with E-state index in [1.807, 2.05) is 26.0 Å². The number of hydrogen-bond acceptors (Lipinski definition) is 5. The van der Waals surface area contributed by atoms with E-state index >= 15 is 0 Å². The summed E-state index contributed by atoms with van der Waals surface area (Å²) in [4.78, 5) is 8.46. The van der Waals surface area contributed by atoms with Gasteiger partial charge in [0, 0.05) is 18.9 Å². The first-order chi connectivity index (χ1) is 11.5. The lowest BCUT2D eigenvalue weighted by Gasteiger charge is -2.31. The summed E-state index contributed by atoms with van der Waals surface area (Å²) in [5.74, 6) is 0. The Morgan fingerprint density at radius 2 is 1.96 bits per heavy atom. The number of aryl methyl sites for hydroxylation is 2. The predicted molar refractivity (Wildman–Crippen MR) is 90.4 cm³/mol. The van der Waals surface area contributed by atoms with Crippen LogP contribution in [0.4, 0.5) is 0 Å². The van der Waals surface area contributed by atoms with Gasteiger partial charge in [-0.05, 0) is 49.9 Å². The second kappa shape index (κ2) is 6.86. The molecular weight excluding hydrogens is 326 g/mol. The van der Waals surface area contributed by atoms with Crippen LogP contribution in [0.3, 0.4) is 0 Å². The van der Waals surface area contributed by atoms with Crippen molar-refractivity contribution in [2.45, 2.75) is 37.7 Å². The summed E-state index contributed by atoms with van der Waals surface area (Å²) in [6, 6.07) is 7.50. The minimum atomic E-state index is -3.53. The molecule has 0 aliphatic carbocycles. The van der Waals surface area contributed by atoms with Crippen LogP contribution in [-0.2, 0) is 10.0 Å². The lowest BCUT2D eigenvalue weighted by molar-refractivity contribution is 0.119. The first kappa shape index (κ1) is 16.9. The molecule has 24 heavy (non-hydrogen) atoms. The molecule has 128 valence electrons. The van der Waals surface area contributed by atoms with E-state index in [0.29, 0.717) is 18.0 Å². The Morgan fingerprint density at radius 3 is 2.71 bits per heavy atom. The van der Waals surface area contributed by atoms with E-state index in [9.17, 15) is 8.42 Å². The Bertz CT molecular complexity index is 809. The molecule has 3 rings (SSSR count). The standard InChI is InChI=1S/C17H21N3O3S/c1-13-6-7-14(2)16(11-13)24(21,22)20-10-3-5-15(12-20)23-17-18-8-4-9-19-17/h4,6-9,11,15H,3,5,10,12H2,1-2H3. The molecule has 0 saturated carbocycles. The monoisotopic (exact) mass is 347 g/mol. The van der Waals surface area contributed by atoms with Crippen LogP contribution < -0.4 is 4.74 Å². The van der Waals surface area contributed by atoms with Gasteiger partial charge in [-0.2, -0.15) is 4.31 Å². The zero-order chi connectivity index (χ0) is 17.2. The molecule has 1 aromatic carbocycles. The highest BCUT2D eigenvalue weighted by molar-refractivity contribution is 7.89. The summed E-state index contributed by atoms with van der Waals surface area (Å²) in [5.41, 5.74) is 1.69. The number of nitrogens with zero attached hydrogens (tertiary/aromatic N) is 3. The lowest BCUT2D eigenvalue weighted by atomic mass is 10.1. The van der Waals surface area contributed by atoms with Gasteiger partial charge in [0.2, 0.25) is 10.0 Å². The maximum atomic E-state index is 13.0. The number of aromatic nitrogens is 2. The molecule has 1 atom stereocenters. The predicted octanol–water partition coefficient (Wildman–Crippen LogP) is 2.33. The average Bonchev–Trinajstić information content (AvgIpc) is 2.58. The van der Waals surface area contributed by atoms with Crippen molar-refractivity contribution in [3.63, 3.8) is 0 Å². The molecule has 0 amide bonds. The van der Waals surface area contributed by atoms with Crippen molar-refractivity contribution in [3.8, 4) is 6.01 Å². The molecule has 1 unspecified atom stereocenters. The number of piperidine rings is 1. The zero-order valence-electron chi connectivity index (χ0n) is 13.8. The highest BCUT2D eigenvalue weighted by Gasteiger charge is 2.32. The van der Waals surface area contributed by atoms with E-state index < -0.39 is 10.0 Å². The van der Waals surface area contributed by atoms with E-state index in [1.54, 1.807) is 24.5 Å². The second-order valence-corrected chi connectivity index (χ2v) is 7.95. The van der Waals surface area contributed by atoms with Crippen molar-refractivity contribution in [2.24, 2.45) is 0 Å². The van der Waals surface area contributed by atoms with Crippen molar-refractivity contribution in [3.05, 3.63) is 47.8 Å². The topological polar surface area (TPSA) is 72.4 Å². The Hall–Kier alpha value is -1.99. The van der Waals surface area contributed by atoms with E-state index in [4.69, 9.17) is 4.74 Å². The average molecular weight is 347 g/mol. The first-order valence-corrected chi connectivity index (χ1v) is 9.42. The molecule has 1 aliphatic heterocycles. The number of sulfonamides is 1. The van der Waals surface area contributed by atoms with Gasteiger partial charge in [-0.3, -0.25) is 0 Å². The zero-order valence-corrected chi connectivity index (χ0v) is 14.7. The van der Waals surface area contributed by atoms with Crippen LogP contribution >= 0.6 is 0 Å². The molecule has 1 saturated heterocycles. The third kappa shape index (κ3) is 3.57. The van der Waals surface area contributed by atoms with Gasteiger partial charge >= 0.3 is 6.01 Å². The molecule has 1 fully saturated rings. The summed E-state index contributed by atoms with van der Waals surface area (Å²) in [5, 5.41) is 0. The van der Waals surface area contributed by atoms with Crippen molar-refractivity contribution < 1.29 is 13.2 Å². The van der Waals surface area contributed by atoms with Gasteiger partial charge in [0.15, 0.2) is 0 Å². The Labute approximate surface area is 142 Å². The second-order valence-electron chi connectivity index (χ2n) is 6.05. The highest BCUT2D eigenvalue weighted by Crippen LogP contribution is 2.25. The third-order valence-electron chi connectivity index (χ3n) is 4.12. The van der Waals surface area contributed by atoms with Crippen molar-refractivity contribution in [2.75, 3.05) is 13.1 Å². The molecule has 2 heterocycles. The first-order valence-electron chi connectivity index (χ1n) is 7.98. The maximum Gasteiger partial charge on any atom is 0.316 e. The fourth-order valence-electron chi connectivity index (χ4n) is 2.84. The third-order valence-corrected chi connectivity index (χ3v) is 6.12. The van der Waals surface area contributed by atoms with Crippen LogP contribution in [0.15, 0.2) is 41.6 Å². The number of hydrogen-bond donors (Lipinski definition) is 0. The molecule has 2 aromatic rings. The lowest BCUT2D eigenvalue weighted by Crippen LogP contribution is -2.44. The van der Waals surface area contributed by atoms with Gasteiger partial charge in [-0.15, -0.1) is 0 Å². The minimum absolute atomic E-state index is 0.235. The molecule has 0 spiro atoms. The van der Waals surface area contributed by atoms with E-state index in [1.165, 1.54) is 4.31 Å². The van der Waals surface area contributed by atoms with Crippen molar-refractivity contribution in [1.29, 1.82) is 0 Å². The number of benzene rings is 1. The van der Waals surface area contributed by atoms with Gasteiger partial charge in [0.25, 0.3) is 0 Å². The van der Waals surface area contributed by atoms with Crippen molar-refractivity contribution >= 4 is 10.0 Å². The van der Waals surface area contributed by atoms with Crippen LogP contribution in [0.5, 0.6) is 6.01 Å². The quantitative estimate of drug-likeness (QED) is 0.849. The number of ether oxygens (including phenoxy) is 1. The Kier molecular flexibility index (Phi) is 4.82. The molecule has 0 N–H and O–H groups in total. The van der Waals surface area contributed by atoms with Crippen LogP contribution in [0.2, 0.25) is 0 Å². The van der Waals surface area contributed by atoms with Crippen LogP contribution in [0.25, 0.3) is 0 Å². The van der Waals surface area contributed by atoms with E-state index in [2.05, 4.69) is 9.97 Å². The summed E-state index contributed by atoms with van der Waals surface area (Å²) in [6.45, 7) is 4.54. The molecule has 1 aromatic heterocycles. The highest BCUT2D eigenvalue weighted by atomic mass is 32.2. The number of rotatable bonds is 4. The molecular formula is C17H21N3O3S. The van der Waals surface area contributed by atoms with Gasteiger partial charge in [0.05, 0.1) is 11.4 Å². The van der Waals surface area contributed by atoms with Crippen LogP contribution in [-0.4, -0.2) is 41.9 Å². The van der Waals surface area contributed by atoms with Gasteiger partial charge in [-0.25, -0.2) is 18.4 Å². The summed E-state index contributed by atoms with van der Waals surface area (Å²) in [6.07, 6.45) is 4.52. The summed E-state index contributed by atoms with van der Waals surface area (Å²) < 4.78 is 33.2. The minimum Gasteiger partial charge on any atom is -0.459 e. The summed E-state index contributed by atoms with van der Waals surface area (Å²) in [7, 11) is -3.53. The fourth-order valence-corrected chi connectivity index (χ4v) is 4.66. The van der Waals surface area contributed by atoms with Gasteiger partial charge in [-0.1, -0.05) is 12.1 Å². The Balaban J connectivity index is 1.79. The van der Waals surface area contributed by atoms with E-state index in [0.717, 1.165) is 24.0 Å². The smallest absolute Gasteiger partial charge is 0.316 e. The normalized spacial score (nSPS) is 19.2. The van der Waals surface area contributed by atoms with Gasteiger partial charge in [0.1, 0.15) is 6.10 Å². The SMILES string of the molecule is Cc1ccc(C)c(S(=O)(=O)N2CCCC(Oc3ncccn3)C2)c1. The molecule has 0 radical (unpaired) electrons. The van der Waals surface area contributed by atoms with Crippen LogP contribution in [0, 0.1) is 13.8 Å². The van der Waals surface area contributed by atoms with Crippen molar-refractivity contribution in [1.82, 2.24) is 14.3 Å². The fraction of sp³-hybridized carbons (Fsp3) is 0.412. The molecule has 6 nitrogen and oxygen atoms in total. The van der Waals surface area contributed by atoms with Crippen LogP contribution in [0.1, 0.15) is 24.0 Å².